The van der Waals surface area contributed by atoms with Gasteiger partial charge in [-0.1, -0.05) is 44.1 Å². The van der Waals surface area contributed by atoms with Crippen LogP contribution in [0.25, 0.3) is 0 Å². The second kappa shape index (κ2) is 7.11. The van der Waals surface area contributed by atoms with Gasteiger partial charge in [0.1, 0.15) is 0 Å². The Morgan fingerprint density at radius 3 is 2.17 bits per heavy atom. The van der Waals surface area contributed by atoms with Crippen LogP contribution in [0.1, 0.15) is 84.0 Å². The Hall–Kier alpha value is -0.590. The van der Waals surface area contributed by atoms with E-state index in [0.717, 1.165) is 19.3 Å². The number of rotatable bonds is 0. The van der Waals surface area contributed by atoms with Gasteiger partial charge in [0, 0.05) is 6.42 Å². The number of hydrogen-bond acceptors (Lipinski definition) is 1. The molecule has 1 heteroatoms. The number of allylic oxidation sites excluding steroid dienone is 2. The lowest BCUT2D eigenvalue weighted by Crippen LogP contribution is -2.19. The van der Waals surface area contributed by atoms with Crippen LogP contribution in [0.2, 0.25) is 0 Å². The van der Waals surface area contributed by atoms with Crippen LogP contribution in [-0.4, -0.2) is 5.78 Å². The van der Waals surface area contributed by atoms with Crippen molar-refractivity contribution in [3.8, 4) is 0 Å². The highest BCUT2D eigenvalue weighted by Gasteiger charge is 2.25. The molecule has 2 aliphatic carbocycles. The normalized spacial score (nSPS) is 28.3. The number of carbonyl (C=O) groups is 1. The summed E-state index contributed by atoms with van der Waals surface area (Å²) >= 11 is 0. The minimum atomic E-state index is 0.484. The molecule has 0 spiro atoms. The molecule has 0 saturated heterocycles. The molecule has 0 aliphatic heterocycles. The van der Waals surface area contributed by atoms with Crippen molar-refractivity contribution in [2.24, 2.45) is 5.92 Å². The van der Waals surface area contributed by atoms with Crippen LogP contribution >= 0.6 is 0 Å². The Bertz CT molecular complexity index is 314. The summed E-state index contributed by atoms with van der Waals surface area (Å²) in [6.45, 7) is 2.20. The highest BCUT2D eigenvalue weighted by atomic mass is 16.1. The predicted octanol–water partition coefficient (Wildman–Crippen LogP) is 5.20. The molecular formula is C17H28O. The van der Waals surface area contributed by atoms with Crippen LogP contribution in [0.5, 0.6) is 0 Å². The minimum absolute atomic E-state index is 0.484. The second-order valence-corrected chi connectivity index (χ2v) is 6.22. The van der Waals surface area contributed by atoms with Crippen molar-refractivity contribution in [1.29, 1.82) is 0 Å². The molecule has 0 heterocycles. The van der Waals surface area contributed by atoms with E-state index in [1.54, 1.807) is 0 Å². The average Bonchev–Trinajstić information content (AvgIpc) is 2.35. The van der Waals surface area contributed by atoms with E-state index in [1.165, 1.54) is 68.9 Å². The van der Waals surface area contributed by atoms with Crippen LogP contribution in [0, 0.1) is 5.92 Å². The lowest BCUT2D eigenvalue weighted by atomic mass is 9.77. The maximum Gasteiger partial charge on any atom is 0.159 e. The van der Waals surface area contributed by atoms with Crippen LogP contribution in [0.4, 0.5) is 0 Å². The first-order valence-corrected chi connectivity index (χ1v) is 8.02. The van der Waals surface area contributed by atoms with Gasteiger partial charge >= 0.3 is 0 Å². The van der Waals surface area contributed by atoms with Crippen molar-refractivity contribution >= 4 is 5.78 Å². The van der Waals surface area contributed by atoms with Gasteiger partial charge in [0.25, 0.3) is 0 Å². The topological polar surface area (TPSA) is 17.1 Å². The maximum absolute atomic E-state index is 12.4. The Morgan fingerprint density at radius 2 is 1.39 bits per heavy atom. The first-order chi connectivity index (χ1) is 8.79. The van der Waals surface area contributed by atoms with E-state index in [1.807, 2.05) is 0 Å². The number of ketones is 1. The molecule has 1 fully saturated rings. The molecule has 18 heavy (non-hydrogen) atoms. The van der Waals surface area contributed by atoms with Gasteiger partial charge in [0.15, 0.2) is 5.78 Å². The Balaban J connectivity index is 2.07. The molecule has 2 rings (SSSR count). The van der Waals surface area contributed by atoms with Gasteiger partial charge in [0.2, 0.25) is 0 Å². The van der Waals surface area contributed by atoms with Gasteiger partial charge in [-0.05, 0) is 50.5 Å². The molecule has 0 aromatic rings. The number of Topliss-reactive ketones (excluding diaryl/α,β-unsaturated/α-hetero) is 1. The molecule has 0 aromatic heterocycles. The molecule has 102 valence electrons. The third-order valence-corrected chi connectivity index (χ3v) is 4.73. The molecular weight excluding hydrogens is 220 g/mol. The fraction of sp³-hybridized carbons (Fsp3) is 0.824. The summed E-state index contributed by atoms with van der Waals surface area (Å²) in [6, 6.07) is 0. The number of hydrogen-bond donors (Lipinski definition) is 0. The smallest absolute Gasteiger partial charge is 0.159 e. The van der Waals surface area contributed by atoms with Crippen molar-refractivity contribution in [2.75, 3.05) is 0 Å². The molecule has 2 aliphatic rings. The van der Waals surface area contributed by atoms with Gasteiger partial charge in [-0.2, -0.15) is 0 Å². The predicted molar refractivity (Wildman–Crippen MR) is 76.6 cm³/mol. The van der Waals surface area contributed by atoms with Gasteiger partial charge in [-0.15, -0.1) is 0 Å². The molecule has 0 bridgehead atoms. The zero-order chi connectivity index (χ0) is 12.8. The molecule has 1 unspecified atom stereocenters. The van der Waals surface area contributed by atoms with Crippen molar-refractivity contribution < 1.29 is 4.79 Å². The summed E-state index contributed by atoms with van der Waals surface area (Å²) in [7, 11) is 0. The average molecular weight is 248 g/mol. The fourth-order valence-electron chi connectivity index (χ4n) is 3.69. The Morgan fingerprint density at radius 1 is 0.778 bits per heavy atom. The van der Waals surface area contributed by atoms with Crippen molar-refractivity contribution in [1.82, 2.24) is 0 Å². The van der Waals surface area contributed by atoms with E-state index < -0.39 is 0 Å². The summed E-state index contributed by atoms with van der Waals surface area (Å²) in [4.78, 5) is 12.4. The van der Waals surface area contributed by atoms with Crippen molar-refractivity contribution in [3.05, 3.63) is 11.1 Å². The molecule has 0 N–H and O–H groups in total. The van der Waals surface area contributed by atoms with Crippen LogP contribution < -0.4 is 0 Å². The largest absolute Gasteiger partial charge is 0.295 e. The molecule has 1 atom stereocenters. The fourth-order valence-corrected chi connectivity index (χ4v) is 3.69. The lowest BCUT2D eigenvalue weighted by Gasteiger charge is -2.27. The highest BCUT2D eigenvalue weighted by Crippen LogP contribution is 2.35. The van der Waals surface area contributed by atoms with E-state index >= 15 is 0 Å². The van der Waals surface area contributed by atoms with Crippen LogP contribution in [-0.2, 0) is 4.79 Å². The summed E-state index contributed by atoms with van der Waals surface area (Å²) in [5.74, 6) is 1.09. The quantitative estimate of drug-likeness (QED) is 0.576. The monoisotopic (exact) mass is 248 g/mol. The number of carbonyl (C=O) groups excluding carboxylic acids is 1. The summed E-state index contributed by atoms with van der Waals surface area (Å²) in [5.41, 5.74) is 2.66. The SMILES string of the molecule is CC1=C2C(=O)CCCCCCCCCC2CCC1. The van der Waals surface area contributed by atoms with Crippen molar-refractivity contribution in [2.45, 2.75) is 84.0 Å². The number of fused-ring (bicyclic) bond motifs is 1. The first kappa shape index (κ1) is 13.8. The van der Waals surface area contributed by atoms with Gasteiger partial charge in [-0.25, -0.2) is 0 Å². The van der Waals surface area contributed by atoms with E-state index in [4.69, 9.17) is 0 Å². The Labute approximate surface area is 112 Å². The molecule has 1 saturated carbocycles. The van der Waals surface area contributed by atoms with Crippen molar-refractivity contribution in [3.63, 3.8) is 0 Å². The maximum atomic E-state index is 12.4. The standard InChI is InChI=1S/C17H28O/c1-14-10-9-12-15-11-7-5-3-2-4-6-8-13-16(18)17(14)15/h15H,2-13H2,1H3. The lowest BCUT2D eigenvalue weighted by molar-refractivity contribution is -0.116. The third kappa shape index (κ3) is 3.70. The first-order valence-electron chi connectivity index (χ1n) is 8.02. The minimum Gasteiger partial charge on any atom is -0.295 e. The van der Waals surface area contributed by atoms with Gasteiger partial charge < -0.3 is 0 Å². The molecule has 0 aromatic carbocycles. The zero-order valence-electron chi connectivity index (χ0n) is 12.0. The van der Waals surface area contributed by atoms with Crippen LogP contribution in [0.3, 0.4) is 0 Å². The second-order valence-electron chi connectivity index (χ2n) is 6.22. The molecule has 1 nitrogen and oxygen atoms in total. The zero-order valence-corrected chi connectivity index (χ0v) is 12.0. The summed E-state index contributed by atoms with van der Waals surface area (Å²) in [5, 5.41) is 0. The van der Waals surface area contributed by atoms with Crippen LogP contribution in [0.15, 0.2) is 11.1 Å². The van der Waals surface area contributed by atoms with E-state index in [2.05, 4.69) is 6.92 Å². The summed E-state index contributed by atoms with van der Waals surface area (Å²) in [6.07, 6.45) is 15.0. The van der Waals surface area contributed by atoms with Gasteiger partial charge in [-0.3, -0.25) is 4.79 Å². The van der Waals surface area contributed by atoms with E-state index in [9.17, 15) is 4.79 Å². The van der Waals surface area contributed by atoms with Gasteiger partial charge in [0.05, 0.1) is 0 Å². The summed E-state index contributed by atoms with van der Waals surface area (Å²) < 4.78 is 0. The molecule has 0 radical (unpaired) electrons. The third-order valence-electron chi connectivity index (χ3n) is 4.73. The Kier molecular flexibility index (Phi) is 5.46. The van der Waals surface area contributed by atoms with E-state index in [-0.39, 0.29) is 0 Å². The molecule has 0 amide bonds. The van der Waals surface area contributed by atoms with E-state index in [0.29, 0.717) is 11.7 Å². The highest BCUT2D eigenvalue weighted by molar-refractivity contribution is 5.96.